The summed E-state index contributed by atoms with van der Waals surface area (Å²) < 4.78 is 0. The summed E-state index contributed by atoms with van der Waals surface area (Å²) in [4.78, 5) is 0. The van der Waals surface area contributed by atoms with E-state index in [1.165, 1.54) is 19.3 Å². The van der Waals surface area contributed by atoms with Gasteiger partial charge in [0.15, 0.2) is 0 Å². The van der Waals surface area contributed by atoms with Crippen molar-refractivity contribution in [3.05, 3.63) is 0 Å². The van der Waals surface area contributed by atoms with Gasteiger partial charge >= 0.3 is 0 Å². The van der Waals surface area contributed by atoms with E-state index in [1.54, 1.807) is 0 Å². The molecule has 1 saturated carbocycles. The number of halogens is 1. The van der Waals surface area contributed by atoms with Gasteiger partial charge in [0, 0.05) is 5.38 Å². The lowest BCUT2D eigenvalue weighted by molar-refractivity contribution is 0.613. The molecule has 0 aromatic rings. The zero-order valence-electron chi connectivity index (χ0n) is 4.65. The number of hydrogen-bond acceptors (Lipinski definition) is 0. The quantitative estimate of drug-likeness (QED) is 0.429. The molecule has 0 amide bonds. The SMILES string of the molecule is C[C@@H]1CCC(Cl)C1. The normalized spacial score (nSPS) is 42.0. The van der Waals surface area contributed by atoms with E-state index in [-0.39, 0.29) is 0 Å². The zero-order valence-corrected chi connectivity index (χ0v) is 5.41. The van der Waals surface area contributed by atoms with Crippen LogP contribution in [0.2, 0.25) is 0 Å². The van der Waals surface area contributed by atoms with E-state index in [0.29, 0.717) is 5.38 Å². The number of alkyl halides is 1. The van der Waals surface area contributed by atoms with Crippen molar-refractivity contribution in [1.82, 2.24) is 0 Å². The van der Waals surface area contributed by atoms with Crippen LogP contribution in [0.3, 0.4) is 0 Å². The minimum atomic E-state index is 0.495. The monoisotopic (exact) mass is 118 g/mol. The highest BCUT2D eigenvalue weighted by Crippen LogP contribution is 2.28. The fraction of sp³-hybridized carbons (Fsp3) is 1.00. The molecule has 1 rings (SSSR count). The van der Waals surface area contributed by atoms with Crippen molar-refractivity contribution < 1.29 is 0 Å². The van der Waals surface area contributed by atoms with E-state index in [0.717, 1.165) is 5.92 Å². The Morgan fingerprint density at radius 3 is 2.29 bits per heavy atom. The van der Waals surface area contributed by atoms with Crippen LogP contribution >= 0.6 is 11.6 Å². The second kappa shape index (κ2) is 2.04. The van der Waals surface area contributed by atoms with Crippen molar-refractivity contribution >= 4 is 11.6 Å². The lowest BCUT2D eigenvalue weighted by atomic mass is 10.2. The summed E-state index contributed by atoms with van der Waals surface area (Å²) in [5.74, 6) is 0.891. The smallest absolute Gasteiger partial charge is 0.0338 e. The van der Waals surface area contributed by atoms with E-state index in [2.05, 4.69) is 6.92 Å². The summed E-state index contributed by atoms with van der Waals surface area (Å²) in [6.45, 7) is 2.27. The van der Waals surface area contributed by atoms with Crippen molar-refractivity contribution in [1.29, 1.82) is 0 Å². The fourth-order valence-electron chi connectivity index (χ4n) is 1.14. The van der Waals surface area contributed by atoms with Crippen LogP contribution in [0, 0.1) is 5.92 Å². The molecule has 0 bridgehead atoms. The second-order valence-electron chi connectivity index (χ2n) is 2.52. The maximum Gasteiger partial charge on any atom is 0.0338 e. The largest absolute Gasteiger partial charge is 0.123 e. The van der Waals surface area contributed by atoms with Crippen LogP contribution in [-0.4, -0.2) is 5.38 Å². The van der Waals surface area contributed by atoms with Gasteiger partial charge in [-0.3, -0.25) is 0 Å². The number of hydrogen-bond donors (Lipinski definition) is 0. The molecule has 0 aliphatic heterocycles. The third-order valence-corrected chi connectivity index (χ3v) is 2.03. The Labute approximate surface area is 49.9 Å². The molecule has 0 radical (unpaired) electrons. The molecule has 42 valence electrons. The van der Waals surface area contributed by atoms with Crippen LogP contribution in [0.25, 0.3) is 0 Å². The van der Waals surface area contributed by atoms with Crippen molar-refractivity contribution in [2.75, 3.05) is 0 Å². The van der Waals surface area contributed by atoms with Crippen LogP contribution in [0.4, 0.5) is 0 Å². The van der Waals surface area contributed by atoms with Gasteiger partial charge in [0.1, 0.15) is 0 Å². The Morgan fingerprint density at radius 1 is 1.43 bits per heavy atom. The minimum absolute atomic E-state index is 0.495. The Balaban J connectivity index is 2.26. The van der Waals surface area contributed by atoms with Crippen LogP contribution in [0.15, 0.2) is 0 Å². The summed E-state index contributed by atoms with van der Waals surface area (Å²) >= 11 is 5.81. The molecule has 1 aliphatic rings. The molecule has 1 fully saturated rings. The van der Waals surface area contributed by atoms with E-state index in [1.807, 2.05) is 0 Å². The highest BCUT2D eigenvalue weighted by molar-refractivity contribution is 6.20. The average Bonchev–Trinajstić information content (AvgIpc) is 1.87. The van der Waals surface area contributed by atoms with E-state index < -0.39 is 0 Å². The van der Waals surface area contributed by atoms with Gasteiger partial charge in [0.2, 0.25) is 0 Å². The Kier molecular flexibility index (Phi) is 1.58. The first-order valence-corrected chi connectivity index (χ1v) is 3.36. The Morgan fingerprint density at radius 2 is 2.14 bits per heavy atom. The van der Waals surface area contributed by atoms with Gasteiger partial charge in [-0.1, -0.05) is 6.92 Å². The second-order valence-corrected chi connectivity index (χ2v) is 3.13. The van der Waals surface area contributed by atoms with E-state index in [9.17, 15) is 0 Å². The molecule has 1 heteroatoms. The first-order chi connectivity index (χ1) is 3.29. The molecule has 0 aromatic carbocycles. The van der Waals surface area contributed by atoms with E-state index in [4.69, 9.17) is 11.6 Å². The van der Waals surface area contributed by atoms with Gasteiger partial charge in [0.25, 0.3) is 0 Å². The molecule has 0 nitrogen and oxygen atoms in total. The first-order valence-electron chi connectivity index (χ1n) is 2.93. The number of rotatable bonds is 0. The summed E-state index contributed by atoms with van der Waals surface area (Å²) in [6.07, 6.45) is 3.82. The molecule has 1 aliphatic carbocycles. The third kappa shape index (κ3) is 1.34. The average molecular weight is 119 g/mol. The summed E-state index contributed by atoms with van der Waals surface area (Å²) in [5, 5.41) is 0.495. The first kappa shape index (κ1) is 5.43. The van der Waals surface area contributed by atoms with Crippen LogP contribution in [0.1, 0.15) is 26.2 Å². The Hall–Kier alpha value is 0.290. The Bertz CT molecular complexity index is 53.2. The van der Waals surface area contributed by atoms with Crippen LogP contribution < -0.4 is 0 Å². The summed E-state index contributed by atoms with van der Waals surface area (Å²) in [5.41, 5.74) is 0. The molecule has 0 saturated heterocycles. The van der Waals surface area contributed by atoms with Gasteiger partial charge < -0.3 is 0 Å². The predicted molar refractivity (Wildman–Crippen MR) is 32.7 cm³/mol. The van der Waals surface area contributed by atoms with Gasteiger partial charge in [-0.05, 0) is 25.2 Å². The zero-order chi connectivity index (χ0) is 5.28. The topological polar surface area (TPSA) is 0 Å². The summed E-state index contributed by atoms with van der Waals surface area (Å²) in [7, 11) is 0. The molecule has 1 unspecified atom stereocenters. The van der Waals surface area contributed by atoms with Crippen molar-refractivity contribution in [3.63, 3.8) is 0 Å². The van der Waals surface area contributed by atoms with Crippen molar-refractivity contribution in [2.24, 2.45) is 5.92 Å². The highest BCUT2D eigenvalue weighted by Gasteiger charge is 2.17. The van der Waals surface area contributed by atoms with E-state index >= 15 is 0 Å². The molecular formula is C6H11Cl. The molecular weight excluding hydrogens is 108 g/mol. The van der Waals surface area contributed by atoms with Crippen molar-refractivity contribution in [3.8, 4) is 0 Å². The van der Waals surface area contributed by atoms with Gasteiger partial charge in [-0.25, -0.2) is 0 Å². The van der Waals surface area contributed by atoms with Crippen molar-refractivity contribution in [2.45, 2.75) is 31.6 Å². The van der Waals surface area contributed by atoms with Crippen LogP contribution in [-0.2, 0) is 0 Å². The van der Waals surface area contributed by atoms with Crippen LogP contribution in [0.5, 0.6) is 0 Å². The third-order valence-electron chi connectivity index (χ3n) is 1.63. The van der Waals surface area contributed by atoms with Gasteiger partial charge in [-0.2, -0.15) is 0 Å². The lowest BCUT2D eigenvalue weighted by Gasteiger charge is -1.94. The molecule has 0 heterocycles. The molecule has 7 heavy (non-hydrogen) atoms. The molecule has 0 N–H and O–H groups in total. The molecule has 2 atom stereocenters. The maximum atomic E-state index is 5.81. The highest BCUT2D eigenvalue weighted by atomic mass is 35.5. The van der Waals surface area contributed by atoms with Gasteiger partial charge in [0.05, 0.1) is 0 Å². The maximum absolute atomic E-state index is 5.81. The lowest BCUT2D eigenvalue weighted by Crippen LogP contribution is -1.87. The summed E-state index contributed by atoms with van der Waals surface area (Å²) in [6, 6.07) is 0. The standard InChI is InChI=1S/C6H11Cl/c1-5-2-3-6(7)4-5/h5-6H,2-4H2,1H3/t5-,6?/m1/s1. The minimum Gasteiger partial charge on any atom is -0.123 e. The van der Waals surface area contributed by atoms with Gasteiger partial charge in [-0.15, -0.1) is 11.6 Å². The fourth-order valence-corrected chi connectivity index (χ4v) is 1.57. The predicted octanol–water partition coefficient (Wildman–Crippen LogP) is 2.41. The molecule has 0 aromatic heterocycles. The molecule has 0 spiro atoms.